The summed E-state index contributed by atoms with van der Waals surface area (Å²) in [5.41, 5.74) is 6.95. The Morgan fingerprint density at radius 3 is 3.00 bits per heavy atom. The predicted molar refractivity (Wildman–Crippen MR) is 82.2 cm³/mol. The number of nitrogens with zero attached hydrogens (tertiary/aromatic N) is 2. The van der Waals surface area contributed by atoms with E-state index >= 15 is 0 Å². The molecule has 1 aliphatic rings. The molecule has 1 aromatic carbocycles. The highest BCUT2D eigenvalue weighted by Crippen LogP contribution is 2.14. The highest BCUT2D eigenvalue weighted by Gasteiger charge is 2.23. The third-order valence-corrected chi connectivity index (χ3v) is 3.89. The number of aromatic amines is 1. The molecule has 2 amide bonds. The second-order valence-electron chi connectivity index (χ2n) is 5.51. The van der Waals surface area contributed by atoms with Crippen LogP contribution in [0.3, 0.4) is 0 Å². The first-order chi connectivity index (χ1) is 10.6. The number of carbonyl (C=O) groups excluding carboxylic acids is 2. The van der Waals surface area contributed by atoms with Gasteiger partial charge in [0.1, 0.15) is 0 Å². The zero-order valence-electron chi connectivity index (χ0n) is 12.2. The normalized spacial score (nSPS) is 17.9. The molecule has 1 saturated heterocycles. The molecule has 1 fully saturated rings. The molecular formula is C15H19N5O2. The maximum absolute atomic E-state index is 12.1. The van der Waals surface area contributed by atoms with Crippen LogP contribution in [0, 0.1) is 0 Å². The smallest absolute Gasteiger partial charge is 0.272 e. The van der Waals surface area contributed by atoms with Crippen LogP contribution in [-0.2, 0) is 4.79 Å². The topological polar surface area (TPSA) is 104 Å². The molecule has 1 aromatic heterocycles. The molecule has 0 radical (unpaired) electrons. The van der Waals surface area contributed by atoms with Gasteiger partial charge in [-0.15, -0.1) is 0 Å². The summed E-state index contributed by atoms with van der Waals surface area (Å²) in [7, 11) is 0. The van der Waals surface area contributed by atoms with Crippen LogP contribution < -0.4 is 11.1 Å². The molecule has 22 heavy (non-hydrogen) atoms. The lowest BCUT2D eigenvalue weighted by atomic mass is 10.2. The first-order valence-corrected chi connectivity index (χ1v) is 7.40. The summed E-state index contributed by atoms with van der Waals surface area (Å²) < 4.78 is 0. The van der Waals surface area contributed by atoms with E-state index in [-0.39, 0.29) is 24.3 Å². The maximum Gasteiger partial charge on any atom is 0.272 e. The molecule has 116 valence electrons. The Morgan fingerprint density at radius 1 is 1.41 bits per heavy atom. The van der Waals surface area contributed by atoms with Gasteiger partial charge in [0.05, 0.1) is 5.52 Å². The second kappa shape index (κ2) is 6.15. The lowest BCUT2D eigenvalue weighted by Gasteiger charge is -2.15. The summed E-state index contributed by atoms with van der Waals surface area (Å²) in [5, 5.41) is 10.4. The average Bonchev–Trinajstić information content (AvgIpc) is 3.13. The van der Waals surface area contributed by atoms with Crippen molar-refractivity contribution >= 4 is 22.7 Å². The number of nitrogens with two attached hydrogens (primary N) is 1. The van der Waals surface area contributed by atoms with E-state index in [1.54, 1.807) is 4.90 Å². The minimum absolute atomic E-state index is 0.0279. The largest absolute Gasteiger partial charge is 0.350 e. The van der Waals surface area contributed by atoms with Crippen molar-refractivity contribution in [3.05, 3.63) is 30.0 Å². The number of carbonyl (C=O) groups is 2. The minimum Gasteiger partial charge on any atom is -0.350 e. The zero-order valence-corrected chi connectivity index (χ0v) is 12.2. The molecule has 7 heteroatoms. The summed E-state index contributed by atoms with van der Waals surface area (Å²) in [4.78, 5) is 25.9. The van der Waals surface area contributed by atoms with E-state index in [2.05, 4.69) is 15.5 Å². The van der Waals surface area contributed by atoms with E-state index in [0.717, 1.165) is 17.3 Å². The van der Waals surface area contributed by atoms with Crippen LogP contribution in [-0.4, -0.2) is 52.6 Å². The van der Waals surface area contributed by atoms with Crippen LogP contribution in [0.5, 0.6) is 0 Å². The number of nitrogens with one attached hydrogen (secondary N) is 2. The van der Waals surface area contributed by atoms with Crippen LogP contribution >= 0.6 is 0 Å². The zero-order chi connectivity index (χ0) is 15.5. The van der Waals surface area contributed by atoms with E-state index in [9.17, 15) is 9.59 Å². The van der Waals surface area contributed by atoms with Gasteiger partial charge in [-0.3, -0.25) is 14.7 Å². The molecule has 2 heterocycles. The number of aromatic nitrogens is 2. The summed E-state index contributed by atoms with van der Waals surface area (Å²) in [6.07, 6.45) is 1.12. The van der Waals surface area contributed by atoms with Crippen LogP contribution in [0.4, 0.5) is 0 Å². The molecule has 1 atom stereocenters. The number of likely N-dealkylation sites (tertiary alicyclic amines) is 1. The van der Waals surface area contributed by atoms with Crippen molar-refractivity contribution in [1.82, 2.24) is 20.4 Å². The predicted octanol–water partition coefficient (Wildman–Crippen LogP) is 0.242. The van der Waals surface area contributed by atoms with E-state index in [4.69, 9.17) is 5.73 Å². The number of benzene rings is 1. The van der Waals surface area contributed by atoms with Gasteiger partial charge in [-0.2, -0.15) is 5.10 Å². The lowest BCUT2D eigenvalue weighted by molar-refractivity contribution is -0.130. The first-order valence-electron chi connectivity index (χ1n) is 7.40. The van der Waals surface area contributed by atoms with E-state index in [1.165, 1.54) is 0 Å². The van der Waals surface area contributed by atoms with Crippen molar-refractivity contribution in [2.75, 3.05) is 19.6 Å². The molecule has 1 aliphatic heterocycles. The number of rotatable bonds is 4. The van der Waals surface area contributed by atoms with Gasteiger partial charge in [-0.1, -0.05) is 18.2 Å². The Kier molecular flexibility index (Phi) is 4.06. The molecule has 0 unspecified atom stereocenters. The summed E-state index contributed by atoms with van der Waals surface area (Å²) in [6.45, 7) is 1.61. The molecule has 3 rings (SSSR count). The fraction of sp³-hybridized carbons (Fsp3) is 0.400. The van der Waals surface area contributed by atoms with Gasteiger partial charge in [-0.05, 0) is 12.5 Å². The molecule has 7 nitrogen and oxygen atoms in total. The van der Waals surface area contributed by atoms with Gasteiger partial charge in [0, 0.05) is 37.5 Å². The fourth-order valence-corrected chi connectivity index (χ4v) is 2.68. The summed E-state index contributed by atoms with van der Waals surface area (Å²) >= 11 is 0. The van der Waals surface area contributed by atoms with Gasteiger partial charge in [0.25, 0.3) is 5.91 Å². The molecule has 0 spiro atoms. The average molecular weight is 301 g/mol. The van der Waals surface area contributed by atoms with Crippen LogP contribution in [0.25, 0.3) is 10.9 Å². The van der Waals surface area contributed by atoms with Crippen molar-refractivity contribution in [2.24, 2.45) is 5.73 Å². The van der Waals surface area contributed by atoms with Crippen LogP contribution in [0.15, 0.2) is 24.3 Å². The Bertz CT molecular complexity index is 696. The van der Waals surface area contributed by atoms with Gasteiger partial charge in [0.15, 0.2) is 5.69 Å². The fourth-order valence-electron chi connectivity index (χ4n) is 2.68. The minimum atomic E-state index is -0.275. The monoisotopic (exact) mass is 301 g/mol. The summed E-state index contributed by atoms with van der Waals surface area (Å²) in [6, 6.07) is 7.51. The number of hydrogen-bond acceptors (Lipinski definition) is 4. The number of H-pyrrole nitrogens is 1. The highest BCUT2D eigenvalue weighted by molar-refractivity contribution is 6.04. The van der Waals surface area contributed by atoms with Crippen molar-refractivity contribution < 1.29 is 9.59 Å². The van der Waals surface area contributed by atoms with Gasteiger partial charge < -0.3 is 16.0 Å². The lowest BCUT2D eigenvalue weighted by Crippen LogP contribution is -2.35. The molecule has 2 aromatic rings. The number of fused-ring (bicyclic) bond motifs is 1. The van der Waals surface area contributed by atoms with Crippen LogP contribution in [0.2, 0.25) is 0 Å². The molecule has 0 aliphatic carbocycles. The second-order valence-corrected chi connectivity index (χ2v) is 5.51. The van der Waals surface area contributed by atoms with E-state index < -0.39 is 0 Å². The molecule has 4 N–H and O–H groups in total. The van der Waals surface area contributed by atoms with Crippen molar-refractivity contribution in [2.45, 2.75) is 18.9 Å². The Hall–Kier alpha value is -2.41. The van der Waals surface area contributed by atoms with E-state index in [1.807, 2.05) is 24.3 Å². The molecule has 0 saturated carbocycles. The SMILES string of the molecule is N[C@@H]1CCN(C(=O)CCNC(=O)c2n[nH]c3ccccc23)C1. The van der Waals surface area contributed by atoms with Crippen LogP contribution in [0.1, 0.15) is 23.3 Å². The Labute approximate surface area is 127 Å². The van der Waals surface area contributed by atoms with Gasteiger partial charge in [-0.25, -0.2) is 0 Å². The Balaban J connectivity index is 1.53. The maximum atomic E-state index is 12.1. The summed E-state index contributed by atoms with van der Waals surface area (Å²) in [5.74, 6) is -0.247. The molecular weight excluding hydrogens is 282 g/mol. The third-order valence-electron chi connectivity index (χ3n) is 3.89. The van der Waals surface area contributed by atoms with Crippen molar-refractivity contribution in [1.29, 1.82) is 0 Å². The first kappa shape index (κ1) is 14.5. The molecule has 0 bridgehead atoms. The number of amides is 2. The standard InChI is InChI=1S/C15H19N5O2/c16-10-6-8-20(9-10)13(21)5-7-17-15(22)14-11-3-1-2-4-12(11)18-19-14/h1-4,10H,5-9,16H2,(H,17,22)(H,18,19)/t10-/m1/s1. The quantitative estimate of drug-likeness (QED) is 0.752. The van der Waals surface area contributed by atoms with Gasteiger partial charge >= 0.3 is 0 Å². The Morgan fingerprint density at radius 2 is 2.23 bits per heavy atom. The van der Waals surface area contributed by atoms with Gasteiger partial charge in [0.2, 0.25) is 5.91 Å². The van der Waals surface area contributed by atoms with Crippen molar-refractivity contribution in [3.63, 3.8) is 0 Å². The number of para-hydroxylation sites is 1. The van der Waals surface area contributed by atoms with E-state index in [0.29, 0.717) is 25.3 Å². The third kappa shape index (κ3) is 2.94. The van der Waals surface area contributed by atoms with Crippen molar-refractivity contribution in [3.8, 4) is 0 Å². The number of hydrogen-bond donors (Lipinski definition) is 3. The highest BCUT2D eigenvalue weighted by atomic mass is 16.2.